The van der Waals surface area contributed by atoms with Crippen LogP contribution < -0.4 is 0 Å². The molecule has 0 fully saturated rings. The van der Waals surface area contributed by atoms with Crippen LogP contribution in [0.15, 0.2) is 182 Å². The molecular weight excluding hydrogens is 625 g/mol. The van der Waals surface area contributed by atoms with Crippen LogP contribution in [0.25, 0.3) is 84.1 Å². The van der Waals surface area contributed by atoms with Gasteiger partial charge >= 0.3 is 0 Å². The number of nitrogens with zero attached hydrogens (tertiary/aromatic N) is 6. The summed E-state index contributed by atoms with van der Waals surface area (Å²) in [5.41, 5.74) is 13.1. The average Bonchev–Trinajstić information content (AvgIpc) is 3.92. The number of hydrogen-bond donors (Lipinski definition) is 0. The zero-order valence-corrected chi connectivity index (χ0v) is 27.5. The highest BCUT2D eigenvalue weighted by atomic mass is 15.1. The van der Waals surface area contributed by atoms with Crippen molar-refractivity contribution in [3.8, 4) is 51.0 Å². The van der Waals surface area contributed by atoms with Crippen molar-refractivity contribution in [3.05, 3.63) is 182 Å². The van der Waals surface area contributed by atoms with Crippen molar-refractivity contribution < 1.29 is 0 Å². The largest absolute Gasteiger partial charge is 0.298 e. The number of imidazole rings is 3. The van der Waals surface area contributed by atoms with Crippen molar-refractivity contribution >= 4 is 33.1 Å². The molecule has 10 rings (SSSR count). The van der Waals surface area contributed by atoms with E-state index in [1.54, 1.807) is 0 Å². The molecular formula is C45H30N6. The molecule has 10 aromatic rings. The van der Waals surface area contributed by atoms with Crippen LogP contribution in [-0.4, -0.2) is 28.7 Å². The second-order valence-corrected chi connectivity index (χ2v) is 12.5. The minimum absolute atomic E-state index is 0.875. The highest BCUT2D eigenvalue weighted by molar-refractivity contribution is 5.95. The summed E-state index contributed by atoms with van der Waals surface area (Å²) in [5, 5.41) is 0. The number of rotatable bonds is 6. The lowest BCUT2D eigenvalue weighted by molar-refractivity contribution is 1.06. The van der Waals surface area contributed by atoms with Gasteiger partial charge in [0.05, 0.1) is 50.2 Å². The van der Waals surface area contributed by atoms with Gasteiger partial charge in [0.25, 0.3) is 0 Å². The third kappa shape index (κ3) is 4.69. The van der Waals surface area contributed by atoms with E-state index in [1.165, 1.54) is 0 Å². The van der Waals surface area contributed by atoms with Crippen LogP contribution >= 0.6 is 0 Å². The zero-order valence-electron chi connectivity index (χ0n) is 27.5. The number of aromatic nitrogens is 6. The smallest absolute Gasteiger partial charge is 0.145 e. The molecule has 0 amide bonds. The summed E-state index contributed by atoms with van der Waals surface area (Å²) in [4.78, 5) is 15.3. The molecule has 240 valence electrons. The predicted molar refractivity (Wildman–Crippen MR) is 207 cm³/mol. The summed E-state index contributed by atoms with van der Waals surface area (Å²) in [6.07, 6.45) is 1.93. The lowest BCUT2D eigenvalue weighted by atomic mass is 9.98. The summed E-state index contributed by atoms with van der Waals surface area (Å²) in [7, 11) is 0. The molecule has 7 aromatic carbocycles. The van der Waals surface area contributed by atoms with Gasteiger partial charge in [0.2, 0.25) is 0 Å². The lowest BCUT2D eigenvalue weighted by Gasteiger charge is -2.22. The van der Waals surface area contributed by atoms with Crippen LogP contribution in [0.3, 0.4) is 0 Å². The van der Waals surface area contributed by atoms with Gasteiger partial charge in [0, 0.05) is 22.3 Å². The number of fused-ring (bicyclic) bond motifs is 3. The van der Waals surface area contributed by atoms with Gasteiger partial charge in [0.15, 0.2) is 0 Å². The first-order chi connectivity index (χ1) is 25.3. The Morgan fingerprint density at radius 1 is 0.353 bits per heavy atom. The summed E-state index contributed by atoms with van der Waals surface area (Å²) in [6.45, 7) is 0. The van der Waals surface area contributed by atoms with E-state index in [0.717, 1.165) is 84.1 Å². The van der Waals surface area contributed by atoms with Gasteiger partial charge in [-0.25, -0.2) is 15.0 Å². The van der Waals surface area contributed by atoms with E-state index in [-0.39, 0.29) is 0 Å². The summed E-state index contributed by atoms with van der Waals surface area (Å²) in [6, 6.07) is 61.1. The van der Waals surface area contributed by atoms with E-state index in [9.17, 15) is 0 Å². The molecule has 0 radical (unpaired) electrons. The second-order valence-electron chi connectivity index (χ2n) is 12.5. The molecule has 6 heteroatoms. The summed E-state index contributed by atoms with van der Waals surface area (Å²) in [5.74, 6) is 1.75. The van der Waals surface area contributed by atoms with Crippen molar-refractivity contribution in [2.75, 3.05) is 0 Å². The molecule has 3 aromatic heterocycles. The fourth-order valence-corrected chi connectivity index (χ4v) is 7.32. The molecule has 3 heterocycles. The third-order valence-electron chi connectivity index (χ3n) is 9.57. The molecule has 0 unspecified atom stereocenters. The van der Waals surface area contributed by atoms with Crippen LogP contribution in [0.1, 0.15) is 0 Å². The first kappa shape index (κ1) is 28.9. The first-order valence-corrected chi connectivity index (χ1v) is 17.0. The van der Waals surface area contributed by atoms with Crippen molar-refractivity contribution in [1.82, 2.24) is 28.7 Å². The van der Waals surface area contributed by atoms with Crippen LogP contribution in [0.5, 0.6) is 0 Å². The maximum absolute atomic E-state index is 5.24. The maximum Gasteiger partial charge on any atom is 0.145 e. The molecule has 6 nitrogen and oxygen atoms in total. The van der Waals surface area contributed by atoms with Crippen molar-refractivity contribution in [1.29, 1.82) is 0 Å². The Morgan fingerprint density at radius 3 is 1.39 bits per heavy atom. The van der Waals surface area contributed by atoms with E-state index in [4.69, 9.17) is 15.0 Å². The summed E-state index contributed by atoms with van der Waals surface area (Å²) < 4.78 is 6.82. The molecule has 51 heavy (non-hydrogen) atoms. The van der Waals surface area contributed by atoms with E-state index in [2.05, 4.69) is 171 Å². The predicted octanol–water partition coefficient (Wildman–Crippen LogP) is 10.7. The van der Waals surface area contributed by atoms with Crippen LogP contribution in [0, 0.1) is 0 Å². The SMILES string of the molecule is c1ccc(-c2nc3ccccc3n2-c2cccc(-n3c(-c4ccccc4)nc4ccccc43)c2-c2ccccc2-n2cnc3ccccc32)cc1. The van der Waals surface area contributed by atoms with Crippen molar-refractivity contribution in [2.45, 2.75) is 0 Å². The Kier molecular flexibility index (Phi) is 6.70. The van der Waals surface area contributed by atoms with Crippen LogP contribution in [-0.2, 0) is 0 Å². The Balaban J connectivity index is 1.37. The normalized spacial score (nSPS) is 11.5. The van der Waals surface area contributed by atoms with E-state index in [0.29, 0.717) is 0 Å². The fourth-order valence-electron chi connectivity index (χ4n) is 7.32. The van der Waals surface area contributed by atoms with Gasteiger partial charge in [-0.15, -0.1) is 0 Å². The Bertz CT molecular complexity index is 2730. The highest BCUT2D eigenvalue weighted by Crippen LogP contribution is 2.42. The molecule has 0 spiro atoms. The van der Waals surface area contributed by atoms with Crippen LogP contribution in [0.2, 0.25) is 0 Å². The van der Waals surface area contributed by atoms with Gasteiger partial charge < -0.3 is 0 Å². The molecule has 0 bridgehead atoms. The van der Waals surface area contributed by atoms with Gasteiger partial charge in [-0.3, -0.25) is 13.7 Å². The lowest BCUT2D eigenvalue weighted by Crippen LogP contribution is -2.07. The monoisotopic (exact) mass is 654 g/mol. The molecule has 0 aliphatic rings. The fraction of sp³-hybridized carbons (Fsp3) is 0. The standard InChI is InChI=1S/C45H30N6/c1-3-16-31(17-4-1)44-47-35-22-9-13-26-39(35)50(44)41-28-15-29-42(51-40-27-14-10-23-36(40)48-45(51)32-18-5-2-6-19-32)43(41)33-20-7-11-24-37(33)49-30-46-34-21-8-12-25-38(34)49/h1-30H. The quantitative estimate of drug-likeness (QED) is 0.179. The van der Waals surface area contributed by atoms with Crippen LogP contribution in [0.4, 0.5) is 0 Å². The average molecular weight is 655 g/mol. The first-order valence-electron chi connectivity index (χ1n) is 17.0. The number of hydrogen-bond acceptors (Lipinski definition) is 3. The van der Waals surface area contributed by atoms with Crippen molar-refractivity contribution in [2.24, 2.45) is 0 Å². The Morgan fingerprint density at radius 2 is 0.804 bits per heavy atom. The topological polar surface area (TPSA) is 53.5 Å². The van der Waals surface area contributed by atoms with Gasteiger partial charge in [0.1, 0.15) is 18.0 Å². The molecule has 0 atom stereocenters. The molecule has 0 saturated carbocycles. The highest BCUT2D eigenvalue weighted by Gasteiger charge is 2.25. The minimum Gasteiger partial charge on any atom is -0.298 e. The Hall–Kier alpha value is -7.05. The second kappa shape index (κ2) is 11.8. The van der Waals surface area contributed by atoms with Crippen molar-refractivity contribution in [3.63, 3.8) is 0 Å². The van der Waals surface area contributed by atoms with E-state index < -0.39 is 0 Å². The molecule has 0 saturated heterocycles. The van der Waals surface area contributed by atoms with Gasteiger partial charge in [-0.2, -0.15) is 0 Å². The maximum atomic E-state index is 5.24. The van der Waals surface area contributed by atoms with E-state index >= 15 is 0 Å². The van der Waals surface area contributed by atoms with Gasteiger partial charge in [-0.05, 0) is 54.6 Å². The minimum atomic E-state index is 0.875. The van der Waals surface area contributed by atoms with E-state index in [1.807, 2.05) is 24.5 Å². The zero-order chi connectivity index (χ0) is 33.7. The third-order valence-corrected chi connectivity index (χ3v) is 9.57. The number of benzene rings is 7. The molecule has 0 N–H and O–H groups in total. The Labute approximate surface area is 294 Å². The number of para-hydroxylation sites is 7. The van der Waals surface area contributed by atoms with Gasteiger partial charge in [-0.1, -0.05) is 121 Å². The molecule has 0 aliphatic carbocycles. The summed E-state index contributed by atoms with van der Waals surface area (Å²) >= 11 is 0. The molecule has 0 aliphatic heterocycles.